The van der Waals surface area contributed by atoms with Crippen LogP contribution in [0.15, 0.2) is 48.5 Å². The minimum Gasteiger partial charge on any atom is -0.473 e. The van der Waals surface area contributed by atoms with Crippen LogP contribution in [0.2, 0.25) is 0 Å². The van der Waals surface area contributed by atoms with Crippen LogP contribution in [0.1, 0.15) is 30.9 Å². The summed E-state index contributed by atoms with van der Waals surface area (Å²) < 4.78 is 6.10. The van der Waals surface area contributed by atoms with Crippen LogP contribution in [0.5, 0.6) is 11.5 Å². The average molecular weight is 505 g/mol. The van der Waals surface area contributed by atoms with E-state index < -0.39 is 23.9 Å². The van der Waals surface area contributed by atoms with Gasteiger partial charge < -0.3 is 35.0 Å². The topological polar surface area (TPSA) is 165 Å². The van der Waals surface area contributed by atoms with Crippen molar-refractivity contribution in [1.29, 1.82) is 0 Å². The average Bonchev–Trinajstić information content (AvgIpc) is 2.85. The number of carboxylic acid groups (broad SMARTS) is 4. The van der Waals surface area contributed by atoms with Crippen LogP contribution in [0.25, 0.3) is 0 Å². The fourth-order valence-electron chi connectivity index (χ4n) is 3.46. The molecule has 0 spiro atoms. The summed E-state index contributed by atoms with van der Waals surface area (Å²) in [4.78, 5) is 41.3. The number of fused-ring (bicyclic) bond motifs is 2. The molecule has 2 aromatic rings. The first kappa shape index (κ1) is 30.1. The highest BCUT2D eigenvalue weighted by Gasteiger charge is 2.27. The van der Waals surface area contributed by atoms with Crippen LogP contribution in [0.4, 0.5) is 0 Å². The molecule has 0 bridgehead atoms. The Morgan fingerprint density at radius 2 is 1.11 bits per heavy atom. The SMILES string of the molecule is CCN(CC)CCN(C)CC1c2ccccc2Oc2ccccc21.O=C(O)C(=O)O.O=C(O)C(=O)O. The number of ether oxygens (including phenoxy) is 1. The zero-order valence-corrected chi connectivity index (χ0v) is 20.5. The smallest absolute Gasteiger partial charge is 0.414 e. The van der Waals surface area contributed by atoms with Crippen molar-refractivity contribution < 1.29 is 44.3 Å². The van der Waals surface area contributed by atoms with E-state index in [0.717, 1.165) is 44.2 Å². The van der Waals surface area contributed by atoms with E-state index in [0.29, 0.717) is 5.92 Å². The van der Waals surface area contributed by atoms with Crippen molar-refractivity contribution in [3.05, 3.63) is 59.7 Å². The molecule has 1 aliphatic heterocycles. The van der Waals surface area contributed by atoms with E-state index in [1.807, 2.05) is 12.1 Å². The van der Waals surface area contributed by atoms with Gasteiger partial charge in [-0.2, -0.15) is 0 Å². The van der Waals surface area contributed by atoms with Crippen molar-refractivity contribution in [3.63, 3.8) is 0 Å². The Labute approximate surface area is 209 Å². The van der Waals surface area contributed by atoms with Crippen LogP contribution < -0.4 is 4.74 Å². The van der Waals surface area contributed by atoms with Crippen molar-refractivity contribution in [1.82, 2.24) is 9.80 Å². The zero-order chi connectivity index (χ0) is 27.3. The van der Waals surface area contributed by atoms with Gasteiger partial charge >= 0.3 is 23.9 Å². The lowest BCUT2D eigenvalue weighted by molar-refractivity contribution is -0.159. The number of likely N-dealkylation sites (N-methyl/N-ethyl adjacent to an activating group) is 2. The van der Waals surface area contributed by atoms with Crippen LogP contribution in [-0.2, 0) is 19.2 Å². The number of rotatable bonds is 7. The Hall–Kier alpha value is -3.96. The lowest BCUT2D eigenvalue weighted by Crippen LogP contribution is -2.35. The molecule has 0 saturated heterocycles. The van der Waals surface area contributed by atoms with Gasteiger partial charge in [-0.3, -0.25) is 0 Å². The molecular weight excluding hydrogens is 472 g/mol. The van der Waals surface area contributed by atoms with Gasteiger partial charge in [0.05, 0.1) is 0 Å². The van der Waals surface area contributed by atoms with Crippen LogP contribution >= 0.6 is 0 Å². The Balaban J connectivity index is 0.000000450. The lowest BCUT2D eigenvalue weighted by Gasteiger charge is -2.32. The summed E-state index contributed by atoms with van der Waals surface area (Å²) in [6.45, 7) is 9.92. The van der Waals surface area contributed by atoms with Gasteiger partial charge in [0.2, 0.25) is 0 Å². The summed E-state index contributed by atoms with van der Waals surface area (Å²) in [5, 5.41) is 29.6. The van der Waals surface area contributed by atoms with Gasteiger partial charge in [0.25, 0.3) is 0 Å². The van der Waals surface area contributed by atoms with Gasteiger partial charge in [0.1, 0.15) is 11.5 Å². The number of para-hydroxylation sites is 2. The number of benzene rings is 2. The second-order valence-corrected chi connectivity index (χ2v) is 7.74. The van der Waals surface area contributed by atoms with Crippen LogP contribution in [0, 0.1) is 0 Å². The number of carboxylic acids is 4. The molecule has 0 atom stereocenters. The maximum absolute atomic E-state index is 9.10. The standard InChI is InChI=1S/C21H28N2O.2C2H2O4/c1-4-23(5-2)15-14-22(3)16-19-17-10-6-8-12-20(17)24-21-13-9-7-11-18(19)21;2*3-1(4)2(5)6/h6-13,19H,4-5,14-16H2,1-3H3;2*(H,3,4)(H,5,6). The van der Waals surface area contributed by atoms with Gasteiger partial charge in [0, 0.05) is 36.7 Å². The Morgan fingerprint density at radius 3 is 1.47 bits per heavy atom. The predicted octanol–water partition coefficient (Wildman–Crippen LogP) is 2.51. The molecule has 0 fully saturated rings. The minimum absolute atomic E-state index is 0.368. The van der Waals surface area contributed by atoms with E-state index in [1.54, 1.807) is 0 Å². The number of hydrogen-bond acceptors (Lipinski definition) is 7. The molecule has 0 saturated carbocycles. The third-order valence-electron chi connectivity index (χ3n) is 5.36. The molecule has 0 radical (unpaired) electrons. The molecule has 196 valence electrons. The summed E-state index contributed by atoms with van der Waals surface area (Å²) in [6.07, 6.45) is 0. The lowest BCUT2D eigenvalue weighted by atomic mass is 9.87. The fourth-order valence-corrected chi connectivity index (χ4v) is 3.46. The molecule has 0 amide bonds. The van der Waals surface area contributed by atoms with E-state index >= 15 is 0 Å². The van der Waals surface area contributed by atoms with E-state index in [2.05, 4.69) is 67.1 Å². The van der Waals surface area contributed by atoms with E-state index in [1.165, 1.54) is 11.1 Å². The number of aliphatic carboxylic acids is 4. The molecule has 0 aliphatic carbocycles. The second-order valence-electron chi connectivity index (χ2n) is 7.74. The summed E-state index contributed by atoms with van der Waals surface area (Å²) >= 11 is 0. The molecule has 11 nitrogen and oxygen atoms in total. The molecule has 3 rings (SSSR count). The number of nitrogens with zero attached hydrogens (tertiary/aromatic N) is 2. The molecule has 1 aliphatic rings. The number of hydrogen-bond donors (Lipinski definition) is 4. The van der Waals surface area contributed by atoms with Crippen LogP contribution in [0.3, 0.4) is 0 Å². The van der Waals surface area contributed by atoms with Crippen molar-refractivity contribution >= 4 is 23.9 Å². The van der Waals surface area contributed by atoms with Crippen molar-refractivity contribution in [2.75, 3.05) is 39.8 Å². The summed E-state index contributed by atoms with van der Waals surface area (Å²) in [5.74, 6) is -4.93. The maximum Gasteiger partial charge on any atom is 0.414 e. The second kappa shape index (κ2) is 15.1. The Morgan fingerprint density at radius 1 is 0.722 bits per heavy atom. The molecule has 2 aromatic carbocycles. The third kappa shape index (κ3) is 9.72. The first-order valence-corrected chi connectivity index (χ1v) is 11.2. The highest BCUT2D eigenvalue weighted by Crippen LogP contribution is 2.43. The molecule has 11 heteroatoms. The molecule has 36 heavy (non-hydrogen) atoms. The van der Waals surface area contributed by atoms with Crippen molar-refractivity contribution in [3.8, 4) is 11.5 Å². The van der Waals surface area contributed by atoms with Crippen molar-refractivity contribution in [2.45, 2.75) is 19.8 Å². The summed E-state index contributed by atoms with van der Waals surface area (Å²) in [5.41, 5.74) is 2.59. The van der Waals surface area contributed by atoms with Gasteiger partial charge in [-0.25, -0.2) is 19.2 Å². The fraction of sp³-hybridized carbons (Fsp3) is 0.360. The van der Waals surface area contributed by atoms with E-state index in [-0.39, 0.29) is 0 Å². The predicted molar refractivity (Wildman–Crippen MR) is 131 cm³/mol. The van der Waals surface area contributed by atoms with E-state index in [4.69, 9.17) is 44.3 Å². The van der Waals surface area contributed by atoms with Gasteiger partial charge in [-0.05, 0) is 32.3 Å². The number of carbonyl (C=O) groups is 4. The minimum atomic E-state index is -1.82. The Bertz CT molecular complexity index is 944. The normalized spacial score (nSPS) is 11.6. The molecule has 1 heterocycles. The van der Waals surface area contributed by atoms with Gasteiger partial charge in [-0.15, -0.1) is 0 Å². The largest absolute Gasteiger partial charge is 0.473 e. The van der Waals surface area contributed by atoms with E-state index in [9.17, 15) is 0 Å². The Kier molecular flexibility index (Phi) is 12.6. The highest BCUT2D eigenvalue weighted by molar-refractivity contribution is 6.27. The first-order chi connectivity index (χ1) is 17.0. The van der Waals surface area contributed by atoms with Gasteiger partial charge in [-0.1, -0.05) is 50.2 Å². The third-order valence-corrected chi connectivity index (χ3v) is 5.36. The van der Waals surface area contributed by atoms with Crippen molar-refractivity contribution in [2.24, 2.45) is 0 Å². The summed E-state index contributed by atoms with van der Waals surface area (Å²) in [6, 6.07) is 16.9. The highest BCUT2D eigenvalue weighted by atomic mass is 16.5. The molecule has 4 N–H and O–H groups in total. The maximum atomic E-state index is 9.10. The quantitative estimate of drug-likeness (QED) is 0.409. The molecular formula is C25H32N2O9. The summed E-state index contributed by atoms with van der Waals surface area (Å²) in [7, 11) is 2.23. The molecule has 0 unspecified atom stereocenters. The zero-order valence-electron chi connectivity index (χ0n) is 20.5. The monoisotopic (exact) mass is 504 g/mol. The van der Waals surface area contributed by atoms with Gasteiger partial charge in [0.15, 0.2) is 0 Å². The van der Waals surface area contributed by atoms with Crippen LogP contribution in [-0.4, -0.2) is 93.9 Å². The first-order valence-electron chi connectivity index (χ1n) is 11.2. The molecule has 0 aromatic heterocycles.